The highest BCUT2D eigenvalue weighted by atomic mass is 32.1. The summed E-state index contributed by atoms with van der Waals surface area (Å²) in [5, 5.41) is 2.18. The van der Waals surface area contributed by atoms with Gasteiger partial charge >= 0.3 is 0 Å². The molecule has 2 aliphatic heterocycles. The van der Waals surface area contributed by atoms with Gasteiger partial charge in [-0.15, -0.1) is 11.3 Å². The first-order valence-electron chi connectivity index (χ1n) is 8.48. The average molecular weight is 341 g/mol. The van der Waals surface area contributed by atoms with Crippen molar-refractivity contribution in [1.82, 2.24) is 4.90 Å². The SMILES string of the molecule is C=C(c1ccccc1)N1CCC2(CC1)OC(OC)Cc1sccc12. The normalized spacial score (nSPS) is 22.4. The predicted octanol–water partition coefficient (Wildman–Crippen LogP) is 4.26. The lowest BCUT2D eigenvalue weighted by atomic mass is 9.82. The van der Waals surface area contributed by atoms with Crippen molar-refractivity contribution in [2.24, 2.45) is 0 Å². The fourth-order valence-corrected chi connectivity index (χ4v) is 4.86. The molecule has 1 spiro atoms. The molecule has 1 saturated heterocycles. The van der Waals surface area contributed by atoms with Gasteiger partial charge in [0.05, 0.1) is 0 Å². The van der Waals surface area contributed by atoms with E-state index in [9.17, 15) is 0 Å². The lowest BCUT2D eigenvalue weighted by Crippen LogP contribution is -2.48. The zero-order chi connectivity index (χ0) is 16.6. The first-order chi connectivity index (χ1) is 11.7. The predicted molar refractivity (Wildman–Crippen MR) is 97.9 cm³/mol. The second-order valence-corrected chi connectivity index (χ2v) is 7.54. The maximum absolute atomic E-state index is 6.41. The van der Waals surface area contributed by atoms with Gasteiger partial charge in [0.2, 0.25) is 0 Å². The van der Waals surface area contributed by atoms with E-state index in [0.29, 0.717) is 0 Å². The third kappa shape index (κ3) is 2.69. The molecular formula is C20H23NO2S. The van der Waals surface area contributed by atoms with E-state index in [1.165, 1.54) is 16.0 Å². The highest BCUT2D eigenvalue weighted by molar-refractivity contribution is 7.10. The third-order valence-corrected chi connectivity index (χ3v) is 6.21. The fraction of sp³-hybridized carbons (Fsp3) is 0.400. The molecule has 1 unspecified atom stereocenters. The molecule has 0 saturated carbocycles. The number of methoxy groups -OCH3 is 1. The molecule has 24 heavy (non-hydrogen) atoms. The zero-order valence-corrected chi connectivity index (χ0v) is 14.8. The van der Waals surface area contributed by atoms with Gasteiger partial charge in [-0.2, -0.15) is 0 Å². The number of hydrogen-bond donors (Lipinski definition) is 0. The van der Waals surface area contributed by atoms with Crippen molar-refractivity contribution in [2.75, 3.05) is 20.2 Å². The van der Waals surface area contributed by atoms with Gasteiger partial charge in [0.15, 0.2) is 6.29 Å². The molecule has 0 amide bonds. The number of piperidine rings is 1. The molecule has 1 aromatic carbocycles. The van der Waals surface area contributed by atoms with Crippen LogP contribution in [0.15, 0.2) is 48.4 Å². The van der Waals surface area contributed by atoms with Crippen molar-refractivity contribution in [1.29, 1.82) is 0 Å². The van der Waals surface area contributed by atoms with Gasteiger partial charge in [-0.05, 0) is 35.4 Å². The Morgan fingerprint density at radius 2 is 2.00 bits per heavy atom. The fourth-order valence-electron chi connectivity index (χ4n) is 3.88. The summed E-state index contributed by atoms with van der Waals surface area (Å²) in [4.78, 5) is 3.80. The first-order valence-corrected chi connectivity index (χ1v) is 9.36. The average Bonchev–Trinajstić information content (AvgIpc) is 3.12. The summed E-state index contributed by atoms with van der Waals surface area (Å²) in [6.45, 7) is 6.23. The van der Waals surface area contributed by atoms with Crippen LogP contribution in [-0.4, -0.2) is 31.4 Å². The van der Waals surface area contributed by atoms with Crippen LogP contribution in [0.1, 0.15) is 28.8 Å². The Morgan fingerprint density at radius 1 is 1.25 bits per heavy atom. The van der Waals surface area contributed by atoms with E-state index < -0.39 is 0 Å². The van der Waals surface area contributed by atoms with Crippen LogP contribution < -0.4 is 0 Å². The Balaban J connectivity index is 1.53. The van der Waals surface area contributed by atoms with Crippen molar-refractivity contribution in [3.8, 4) is 0 Å². The van der Waals surface area contributed by atoms with Gasteiger partial charge in [-0.3, -0.25) is 0 Å². The van der Waals surface area contributed by atoms with Crippen LogP contribution in [0.25, 0.3) is 5.70 Å². The highest BCUT2D eigenvalue weighted by Gasteiger charge is 2.44. The van der Waals surface area contributed by atoms with Crippen molar-refractivity contribution in [3.63, 3.8) is 0 Å². The largest absolute Gasteiger partial charge is 0.371 e. The maximum atomic E-state index is 6.41. The van der Waals surface area contributed by atoms with Gasteiger partial charge in [0, 0.05) is 37.2 Å². The Labute approximate surface area is 147 Å². The Bertz CT molecular complexity index is 716. The smallest absolute Gasteiger partial charge is 0.163 e. The molecule has 2 aromatic rings. The summed E-state index contributed by atoms with van der Waals surface area (Å²) in [6, 6.07) is 12.7. The van der Waals surface area contributed by atoms with E-state index in [2.05, 4.69) is 47.2 Å². The second kappa shape index (κ2) is 6.36. The number of hydrogen-bond acceptors (Lipinski definition) is 4. The summed E-state index contributed by atoms with van der Waals surface area (Å²) in [5.41, 5.74) is 3.49. The molecule has 3 nitrogen and oxygen atoms in total. The molecule has 0 aliphatic carbocycles. The lowest BCUT2D eigenvalue weighted by molar-refractivity contribution is -0.224. The minimum absolute atomic E-state index is 0.125. The van der Waals surface area contributed by atoms with Gasteiger partial charge in [-0.25, -0.2) is 0 Å². The number of ether oxygens (including phenoxy) is 2. The molecule has 1 atom stereocenters. The molecule has 0 bridgehead atoms. The molecule has 0 radical (unpaired) electrons. The Morgan fingerprint density at radius 3 is 2.71 bits per heavy atom. The van der Waals surface area contributed by atoms with E-state index in [4.69, 9.17) is 9.47 Å². The highest BCUT2D eigenvalue weighted by Crippen LogP contribution is 2.46. The van der Waals surface area contributed by atoms with Gasteiger partial charge in [0.25, 0.3) is 0 Å². The van der Waals surface area contributed by atoms with E-state index in [-0.39, 0.29) is 11.9 Å². The van der Waals surface area contributed by atoms with Crippen LogP contribution in [0.4, 0.5) is 0 Å². The quantitative estimate of drug-likeness (QED) is 0.833. The van der Waals surface area contributed by atoms with Gasteiger partial charge in [-0.1, -0.05) is 36.9 Å². The van der Waals surface area contributed by atoms with E-state index in [1.54, 1.807) is 7.11 Å². The number of thiophene rings is 1. The molecule has 1 fully saturated rings. The minimum atomic E-state index is -0.193. The van der Waals surface area contributed by atoms with E-state index in [1.807, 2.05) is 17.4 Å². The molecular weight excluding hydrogens is 318 g/mol. The molecule has 0 N–H and O–H groups in total. The summed E-state index contributed by atoms with van der Waals surface area (Å²) in [6.07, 6.45) is 2.69. The standard InChI is InChI=1S/C20H23NO2S/c1-15(16-6-4-3-5-7-16)21-11-9-20(10-12-21)17-8-13-24-18(17)14-19(22-2)23-20/h3-8,13,19H,1,9-12,14H2,2H3. The van der Waals surface area contributed by atoms with Crippen LogP contribution in [-0.2, 0) is 21.5 Å². The molecule has 4 rings (SSSR count). The number of likely N-dealkylation sites (tertiary alicyclic amines) is 1. The van der Waals surface area contributed by atoms with Crippen LogP contribution in [0.5, 0.6) is 0 Å². The number of nitrogens with zero attached hydrogens (tertiary/aromatic N) is 1. The van der Waals surface area contributed by atoms with Crippen LogP contribution in [0.2, 0.25) is 0 Å². The Hall–Kier alpha value is -1.62. The van der Waals surface area contributed by atoms with E-state index in [0.717, 1.165) is 38.0 Å². The molecule has 3 heterocycles. The van der Waals surface area contributed by atoms with Gasteiger partial charge in [0.1, 0.15) is 5.60 Å². The van der Waals surface area contributed by atoms with Crippen molar-refractivity contribution in [3.05, 3.63) is 64.4 Å². The Kier molecular flexibility index (Phi) is 4.21. The molecule has 126 valence electrons. The van der Waals surface area contributed by atoms with Crippen molar-refractivity contribution >= 4 is 17.0 Å². The van der Waals surface area contributed by atoms with E-state index >= 15 is 0 Å². The summed E-state index contributed by atoms with van der Waals surface area (Å²) in [5.74, 6) is 0. The zero-order valence-electron chi connectivity index (χ0n) is 14.0. The summed E-state index contributed by atoms with van der Waals surface area (Å²) < 4.78 is 12.0. The first kappa shape index (κ1) is 15.9. The number of fused-ring (bicyclic) bond motifs is 2. The second-order valence-electron chi connectivity index (χ2n) is 6.54. The molecule has 1 aromatic heterocycles. The summed E-state index contributed by atoms with van der Waals surface area (Å²) >= 11 is 1.82. The molecule has 2 aliphatic rings. The lowest BCUT2D eigenvalue weighted by Gasteiger charge is -2.47. The van der Waals surface area contributed by atoms with Crippen molar-refractivity contribution < 1.29 is 9.47 Å². The topological polar surface area (TPSA) is 21.7 Å². The maximum Gasteiger partial charge on any atom is 0.163 e. The van der Waals surface area contributed by atoms with Gasteiger partial charge < -0.3 is 14.4 Å². The van der Waals surface area contributed by atoms with Crippen LogP contribution in [0.3, 0.4) is 0 Å². The summed E-state index contributed by atoms with van der Waals surface area (Å²) in [7, 11) is 1.74. The van der Waals surface area contributed by atoms with Crippen molar-refractivity contribution in [2.45, 2.75) is 31.2 Å². The molecule has 4 heteroatoms. The minimum Gasteiger partial charge on any atom is -0.371 e. The monoisotopic (exact) mass is 341 g/mol. The third-order valence-electron chi connectivity index (χ3n) is 5.27. The number of rotatable bonds is 3. The van der Waals surface area contributed by atoms with Crippen LogP contribution >= 0.6 is 11.3 Å². The number of benzene rings is 1. The van der Waals surface area contributed by atoms with Crippen LogP contribution in [0, 0.1) is 0 Å².